The van der Waals surface area contributed by atoms with Gasteiger partial charge in [0.25, 0.3) is 0 Å². The summed E-state index contributed by atoms with van der Waals surface area (Å²) in [6.45, 7) is 13.5. The number of carboxylic acids is 2. The maximum absolute atomic E-state index is 12.0. The summed E-state index contributed by atoms with van der Waals surface area (Å²) in [6.07, 6.45) is -10.9. The van der Waals surface area contributed by atoms with Gasteiger partial charge in [-0.3, -0.25) is 9.59 Å². The van der Waals surface area contributed by atoms with Crippen molar-refractivity contribution in [1.29, 1.82) is 0 Å². The second kappa shape index (κ2) is 21.4. The summed E-state index contributed by atoms with van der Waals surface area (Å²) in [5, 5.41) is 37.4. The summed E-state index contributed by atoms with van der Waals surface area (Å²) in [4.78, 5) is 41.1. The smallest absolute Gasteiger partial charge is 0.550 e. The van der Waals surface area contributed by atoms with Crippen LogP contribution in [-0.2, 0) is 45.4 Å². The molecule has 0 saturated carbocycles. The summed E-state index contributed by atoms with van der Waals surface area (Å²) < 4.78 is 71.9. The molecule has 0 spiro atoms. The van der Waals surface area contributed by atoms with Crippen molar-refractivity contribution in [3.8, 4) is 0 Å². The Hall–Kier alpha value is -1.34. The Morgan fingerprint density at radius 2 is 0.795 bits per heavy atom. The van der Waals surface area contributed by atoms with Gasteiger partial charge in [-0.25, -0.2) is 0 Å². The van der Waals surface area contributed by atoms with E-state index in [2.05, 4.69) is 0 Å². The van der Waals surface area contributed by atoms with E-state index in [0.29, 0.717) is 0 Å². The molecule has 0 aromatic carbocycles. The molecule has 15 heteroatoms. The minimum Gasteiger partial charge on any atom is -0.550 e. The molecule has 0 fully saturated rings. The number of hydrogen-bond acceptors (Lipinski definition) is 8. The molecule has 0 bridgehead atoms. The van der Waals surface area contributed by atoms with E-state index in [4.69, 9.17) is 10.2 Å². The van der Waals surface area contributed by atoms with Crippen molar-refractivity contribution in [3.05, 3.63) is 0 Å². The monoisotopic (exact) mass is 660 g/mol. The molecule has 0 heterocycles. The van der Waals surface area contributed by atoms with E-state index >= 15 is 0 Å². The zero-order valence-electron chi connectivity index (χ0n) is 23.5. The van der Waals surface area contributed by atoms with E-state index in [0.717, 1.165) is 12.8 Å². The molecule has 0 aromatic heterocycles. The summed E-state index contributed by atoms with van der Waals surface area (Å²) >= 11 is 0. The number of rotatable bonds is 10. The number of carbonyl (C=O) groups excluding carboxylic acids is 4. The average molecular weight is 662 g/mol. The number of Topliss-reactive ketones (excluding diaryl/α,β-unsaturated/α-hetero) is 2. The molecule has 8 nitrogen and oxygen atoms in total. The molecule has 2 N–H and O–H groups in total. The van der Waals surface area contributed by atoms with E-state index in [1.807, 2.05) is 13.8 Å². The normalized spacial score (nSPS) is 12.9. The number of aliphatic carboxylic acids is 2. The Morgan fingerprint density at radius 1 is 0.615 bits per heavy atom. The summed E-state index contributed by atoms with van der Waals surface area (Å²) in [7, 11) is 0. The van der Waals surface area contributed by atoms with Crippen LogP contribution in [0, 0.1) is 11.8 Å². The van der Waals surface area contributed by atoms with Crippen molar-refractivity contribution in [2.24, 2.45) is 11.8 Å². The Labute approximate surface area is 244 Å². The first kappa shape index (κ1) is 47.5. The number of ketones is 2. The standard InChI is InChI=1S/2C7H9F3O3.2C5H12O.Zr/c2*1-2-4(7(8,9)10)5(11)3-6(12)13;2*1-4-5(2,3)6;/h2*4H,2-3H2,1H3,(H,12,13);2*6H,4H2,1-3H3;/q;;;;+2/p-2. The van der Waals surface area contributed by atoms with Gasteiger partial charge in [0.05, 0.1) is 11.2 Å². The van der Waals surface area contributed by atoms with Crippen LogP contribution in [0.1, 0.15) is 93.9 Å². The van der Waals surface area contributed by atoms with Crippen molar-refractivity contribution >= 4 is 23.5 Å². The van der Waals surface area contributed by atoms with E-state index in [-0.39, 0.29) is 26.2 Å². The van der Waals surface area contributed by atoms with Gasteiger partial charge >= 0.3 is 38.6 Å². The molecule has 0 amide bonds. The molecule has 0 radical (unpaired) electrons. The first-order valence-electron chi connectivity index (χ1n) is 11.7. The summed E-state index contributed by atoms with van der Waals surface area (Å²) in [5.74, 6) is -10.7. The van der Waals surface area contributed by atoms with Crippen LogP contribution >= 0.6 is 0 Å². The number of carboxylic acid groups (broad SMARTS) is 2. The molecular weight excluding hydrogens is 621 g/mol. The van der Waals surface area contributed by atoms with Gasteiger partial charge in [0.2, 0.25) is 0 Å². The zero-order chi connectivity index (χ0) is 31.7. The van der Waals surface area contributed by atoms with E-state index in [9.17, 15) is 55.7 Å². The van der Waals surface area contributed by atoms with Crippen LogP contribution in [0.3, 0.4) is 0 Å². The van der Waals surface area contributed by atoms with Crippen LogP contribution in [0.4, 0.5) is 26.3 Å². The first-order valence-corrected chi connectivity index (χ1v) is 11.7. The van der Waals surface area contributed by atoms with Crippen LogP contribution in [0.2, 0.25) is 0 Å². The minimum absolute atomic E-state index is 0. The molecule has 0 aliphatic rings. The second-order valence-electron chi connectivity index (χ2n) is 9.37. The minimum atomic E-state index is -4.67. The second-order valence-corrected chi connectivity index (χ2v) is 9.37. The number of hydrogen-bond donors (Lipinski definition) is 2. The van der Waals surface area contributed by atoms with Gasteiger partial charge in [-0.05, 0) is 53.4 Å². The van der Waals surface area contributed by atoms with Crippen molar-refractivity contribution in [2.45, 2.75) is 117 Å². The molecular formula is C24H40F6O8Zr. The fraction of sp³-hybridized carbons (Fsp3) is 0.833. The van der Waals surface area contributed by atoms with Gasteiger partial charge in [-0.2, -0.15) is 26.3 Å². The number of alkyl halides is 6. The van der Waals surface area contributed by atoms with Gasteiger partial charge in [0.1, 0.15) is 11.8 Å². The predicted octanol–water partition coefficient (Wildman–Crippen LogP) is 2.90. The van der Waals surface area contributed by atoms with E-state index in [1.165, 1.54) is 13.8 Å². The number of carbonyl (C=O) groups is 4. The van der Waals surface area contributed by atoms with Gasteiger partial charge in [0.15, 0.2) is 11.6 Å². The maximum Gasteiger partial charge on any atom is 2.00 e. The third kappa shape index (κ3) is 32.8. The molecule has 0 aliphatic heterocycles. The Balaban J connectivity index is -0.000000139. The fourth-order valence-electron chi connectivity index (χ4n) is 1.81. The van der Waals surface area contributed by atoms with Gasteiger partial charge in [-0.1, -0.05) is 27.7 Å². The van der Waals surface area contributed by atoms with Gasteiger partial charge < -0.3 is 30.0 Å². The summed E-state index contributed by atoms with van der Waals surface area (Å²) in [6, 6.07) is 0. The van der Waals surface area contributed by atoms with Crippen LogP contribution in [0.25, 0.3) is 0 Å². The van der Waals surface area contributed by atoms with Crippen molar-refractivity contribution < 1.29 is 92.2 Å². The fourth-order valence-corrected chi connectivity index (χ4v) is 1.81. The van der Waals surface area contributed by atoms with E-state index < -0.39 is 84.6 Å². The largest absolute Gasteiger partial charge is 2.00 e. The molecule has 2 atom stereocenters. The molecule has 0 saturated heterocycles. The van der Waals surface area contributed by atoms with Crippen LogP contribution in [0.5, 0.6) is 0 Å². The molecule has 2 unspecified atom stereocenters. The van der Waals surface area contributed by atoms with Crippen LogP contribution in [0.15, 0.2) is 0 Å². The Kier molecular flexibility index (Phi) is 26.1. The van der Waals surface area contributed by atoms with Crippen molar-refractivity contribution in [1.82, 2.24) is 0 Å². The third-order valence-electron chi connectivity index (χ3n) is 4.75. The van der Waals surface area contributed by atoms with Gasteiger partial charge in [0, 0.05) is 24.8 Å². The maximum atomic E-state index is 12.0. The van der Waals surface area contributed by atoms with Crippen molar-refractivity contribution in [2.75, 3.05) is 0 Å². The summed E-state index contributed by atoms with van der Waals surface area (Å²) in [5.41, 5.74) is -0.917. The molecule has 230 valence electrons. The predicted molar refractivity (Wildman–Crippen MR) is 122 cm³/mol. The SMILES string of the molecule is CCC(C(=O)CC(=O)[O-])C(F)(F)F.CCC(C(=O)CC(=O)[O-])C(F)(F)F.CCC(C)(C)O.CCC(C)(C)O.[Zr+2]. The molecule has 0 aromatic rings. The Morgan fingerprint density at radius 3 is 0.872 bits per heavy atom. The van der Waals surface area contributed by atoms with E-state index in [1.54, 1.807) is 27.7 Å². The van der Waals surface area contributed by atoms with Gasteiger partial charge in [-0.15, -0.1) is 0 Å². The molecule has 0 rings (SSSR count). The average Bonchev–Trinajstić information content (AvgIpc) is 2.66. The quantitative estimate of drug-likeness (QED) is 0.268. The topological polar surface area (TPSA) is 155 Å². The molecule has 0 aliphatic carbocycles. The van der Waals surface area contributed by atoms with Crippen molar-refractivity contribution in [3.63, 3.8) is 0 Å². The third-order valence-corrected chi connectivity index (χ3v) is 4.75. The molecule has 39 heavy (non-hydrogen) atoms. The number of aliphatic hydroxyl groups is 2. The zero-order valence-corrected chi connectivity index (χ0v) is 26.0. The van der Waals surface area contributed by atoms with Crippen LogP contribution < -0.4 is 10.2 Å². The van der Waals surface area contributed by atoms with Crippen LogP contribution in [-0.4, -0.2) is 57.3 Å². The Bertz CT molecular complexity index is 651. The number of halogens is 6. The first-order chi connectivity index (χ1) is 16.7.